The maximum absolute atomic E-state index is 9.06. The third-order valence-electron chi connectivity index (χ3n) is 2.75. The van der Waals surface area contributed by atoms with Crippen molar-refractivity contribution in [3.05, 3.63) is 47.7 Å². The summed E-state index contributed by atoms with van der Waals surface area (Å²) in [5.74, 6) is 1.41. The van der Waals surface area contributed by atoms with Crippen molar-refractivity contribution in [3.63, 3.8) is 0 Å². The Balaban J connectivity index is 2.29. The summed E-state index contributed by atoms with van der Waals surface area (Å²) >= 11 is 0. The molecule has 2 N–H and O–H groups in total. The highest BCUT2D eigenvalue weighted by Gasteiger charge is 2.09. The van der Waals surface area contributed by atoms with Crippen LogP contribution in [0.5, 0.6) is 11.6 Å². The first-order chi connectivity index (χ1) is 9.10. The smallest absolute Gasteiger partial charge is 0.219 e. The number of pyridine rings is 1. The van der Waals surface area contributed by atoms with Crippen molar-refractivity contribution < 1.29 is 4.74 Å². The molecular weight excluding hydrogens is 238 g/mol. The summed E-state index contributed by atoms with van der Waals surface area (Å²) in [5, 5.41) is 9.06. The van der Waals surface area contributed by atoms with Gasteiger partial charge in [-0.1, -0.05) is 13.8 Å². The summed E-state index contributed by atoms with van der Waals surface area (Å²) in [6.07, 6.45) is 1.54. The van der Waals surface area contributed by atoms with Crippen LogP contribution in [0.1, 0.15) is 30.9 Å². The number of anilines is 1. The van der Waals surface area contributed by atoms with Gasteiger partial charge in [0, 0.05) is 6.07 Å². The van der Waals surface area contributed by atoms with Crippen LogP contribution in [0.25, 0.3) is 0 Å². The van der Waals surface area contributed by atoms with E-state index in [0.717, 1.165) is 5.56 Å². The molecule has 0 aliphatic heterocycles. The topological polar surface area (TPSA) is 71.9 Å². The third kappa shape index (κ3) is 3.02. The Morgan fingerprint density at radius 3 is 2.63 bits per heavy atom. The monoisotopic (exact) mass is 253 g/mol. The van der Waals surface area contributed by atoms with Crippen molar-refractivity contribution in [2.75, 3.05) is 5.73 Å². The number of nitrogen functional groups attached to an aromatic ring is 1. The van der Waals surface area contributed by atoms with E-state index in [0.29, 0.717) is 22.9 Å². The van der Waals surface area contributed by atoms with Crippen LogP contribution < -0.4 is 10.5 Å². The molecule has 1 heterocycles. The number of ether oxygens (including phenoxy) is 1. The molecule has 2 rings (SSSR count). The van der Waals surface area contributed by atoms with Crippen LogP contribution in [0.15, 0.2) is 36.5 Å². The van der Waals surface area contributed by atoms with Crippen molar-refractivity contribution in [2.45, 2.75) is 19.8 Å². The van der Waals surface area contributed by atoms with E-state index in [1.54, 1.807) is 30.5 Å². The third-order valence-corrected chi connectivity index (χ3v) is 2.75. The quantitative estimate of drug-likeness (QED) is 0.909. The molecule has 0 radical (unpaired) electrons. The fraction of sp³-hybridized carbons (Fsp3) is 0.200. The normalized spacial score (nSPS) is 10.2. The lowest BCUT2D eigenvalue weighted by atomic mass is 9.98. The average molecular weight is 253 g/mol. The van der Waals surface area contributed by atoms with E-state index >= 15 is 0 Å². The van der Waals surface area contributed by atoms with Gasteiger partial charge in [-0.25, -0.2) is 4.98 Å². The van der Waals surface area contributed by atoms with Crippen LogP contribution in [-0.4, -0.2) is 4.98 Å². The second-order valence-corrected chi connectivity index (χ2v) is 4.55. The number of hydrogen-bond acceptors (Lipinski definition) is 4. The van der Waals surface area contributed by atoms with Gasteiger partial charge in [0.25, 0.3) is 0 Å². The summed E-state index contributed by atoms with van der Waals surface area (Å²) in [7, 11) is 0. The summed E-state index contributed by atoms with van der Waals surface area (Å²) < 4.78 is 5.65. The Morgan fingerprint density at radius 1 is 1.26 bits per heavy atom. The first-order valence-corrected chi connectivity index (χ1v) is 6.03. The maximum Gasteiger partial charge on any atom is 0.219 e. The highest BCUT2D eigenvalue weighted by Crippen LogP contribution is 2.27. The molecule has 1 aromatic carbocycles. The maximum atomic E-state index is 9.06. The predicted octanol–water partition coefficient (Wildman–Crippen LogP) is 3.45. The molecule has 96 valence electrons. The molecule has 0 amide bonds. The second kappa shape index (κ2) is 5.40. The van der Waals surface area contributed by atoms with Crippen LogP contribution in [0.3, 0.4) is 0 Å². The molecule has 2 aromatic rings. The molecule has 4 heteroatoms. The van der Waals surface area contributed by atoms with E-state index in [9.17, 15) is 0 Å². The van der Waals surface area contributed by atoms with Crippen molar-refractivity contribution >= 4 is 5.69 Å². The van der Waals surface area contributed by atoms with Crippen molar-refractivity contribution in [1.29, 1.82) is 5.26 Å². The zero-order chi connectivity index (χ0) is 13.8. The molecule has 0 bridgehead atoms. The Kier molecular flexibility index (Phi) is 3.67. The summed E-state index contributed by atoms with van der Waals surface area (Å²) in [6, 6.07) is 11.0. The SMILES string of the molecule is CC(C)c1cc(Oc2ccc(N)cn2)ccc1C#N. The van der Waals surface area contributed by atoms with Gasteiger partial charge in [0.1, 0.15) is 5.75 Å². The molecule has 0 fully saturated rings. The number of benzene rings is 1. The standard InChI is InChI=1S/C15H15N3O/c1-10(2)14-7-13(5-3-11(14)8-16)19-15-6-4-12(17)9-18-15/h3-7,9-10H,17H2,1-2H3. The van der Waals surface area contributed by atoms with Crippen LogP contribution in [0.4, 0.5) is 5.69 Å². The Labute approximate surface area is 112 Å². The molecule has 19 heavy (non-hydrogen) atoms. The van der Waals surface area contributed by atoms with Crippen molar-refractivity contribution in [2.24, 2.45) is 0 Å². The minimum absolute atomic E-state index is 0.262. The minimum Gasteiger partial charge on any atom is -0.439 e. The van der Waals surface area contributed by atoms with Gasteiger partial charge in [-0.15, -0.1) is 0 Å². The highest BCUT2D eigenvalue weighted by molar-refractivity contribution is 5.45. The van der Waals surface area contributed by atoms with Gasteiger partial charge in [0.15, 0.2) is 0 Å². The lowest BCUT2D eigenvalue weighted by molar-refractivity contribution is 0.462. The lowest BCUT2D eigenvalue weighted by Crippen LogP contribution is -1.95. The largest absolute Gasteiger partial charge is 0.439 e. The molecule has 0 saturated carbocycles. The van der Waals surface area contributed by atoms with Crippen LogP contribution in [0, 0.1) is 11.3 Å². The zero-order valence-corrected chi connectivity index (χ0v) is 10.9. The molecule has 4 nitrogen and oxygen atoms in total. The van der Waals surface area contributed by atoms with E-state index in [4.69, 9.17) is 15.7 Å². The molecule has 0 saturated heterocycles. The van der Waals surface area contributed by atoms with E-state index in [2.05, 4.69) is 11.1 Å². The van der Waals surface area contributed by atoms with E-state index in [1.807, 2.05) is 19.9 Å². The molecule has 1 aromatic heterocycles. The fourth-order valence-electron chi connectivity index (χ4n) is 1.76. The lowest BCUT2D eigenvalue weighted by Gasteiger charge is -2.11. The number of nitrogens with zero attached hydrogens (tertiary/aromatic N) is 2. The fourth-order valence-corrected chi connectivity index (χ4v) is 1.76. The molecule has 0 aliphatic rings. The van der Waals surface area contributed by atoms with E-state index in [-0.39, 0.29) is 5.92 Å². The Morgan fingerprint density at radius 2 is 2.05 bits per heavy atom. The number of hydrogen-bond donors (Lipinski definition) is 1. The Hall–Kier alpha value is -2.54. The van der Waals surface area contributed by atoms with Gasteiger partial charge in [0.2, 0.25) is 5.88 Å². The molecule has 0 spiro atoms. The number of nitriles is 1. The van der Waals surface area contributed by atoms with Gasteiger partial charge in [-0.3, -0.25) is 0 Å². The van der Waals surface area contributed by atoms with Crippen LogP contribution >= 0.6 is 0 Å². The first-order valence-electron chi connectivity index (χ1n) is 6.03. The van der Waals surface area contributed by atoms with Gasteiger partial charge < -0.3 is 10.5 Å². The van der Waals surface area contributed by atoms with Gasteiger partial charge in [-0.2, -0.15) is 5.26 Å². The summed E-state index contributed by atoms with van der Waals surface area (Å²) in [4.78, 5) is 4.08. The molecular formula is C15H15N3O. The second-order valence-electron chi connectivity index (χ2n) is 4.55. The van der Waals surface area contributed by atoms with E-state index < -0.39 is 0 Å². The van der Waals surface area contributed by atoms with Crippen molar-refractivity contribution in [3.8, 4) is 17.7 Å². The van der Waals surface area contributed by atoms with Gasteiger partial charge in [-0.05, 0) is 35.7 Å². The van der Waals surface area contributed by atoms with Crippen LogP contribution in [0.2, 0.25) is 0 Å². The van der Waals surface area contributed by atoms with Crippen LogP contribution in [-0.2, 0) is 0 Å². The predicted molar refractivity (Wildman–Crippen MR) is 74.0 cm³/mol. The summed E-state index contributed by atoms with van der Waals surface area (Å²) in [6.45, 7) is 4.09. The average Bonchev–Trinajstić information content (AvgIpc) is 2.41. The Bertz CT molecular complexity index is 612. The molecule has 0 unspecified atom stereocenters. The van der Waals surface area contributed by atoms with E-state index in [1.165, 1.54) is 0 Å². The number of aromatic nitrogens is 1. The zero-order valence-electron chi connectivity index (χ0n) is 10.9. The molecule has 0 atom stereocenters. The minimum atomic E-state index is 0.262. The van der Waals surface area contributed by atoms with Gasteiger partial charge in [0.05, 0.1) is 23.5 Å². The summed E-state index contributed by atoms with van der Waals surface area (Å²) in [5.41, 5.74) is 7.80. The van der Waals surface area contributed by atoms with Crippen molar-refractivity contribution in [1.82, 2.24) is 4.98 Å². The van der Waals surface area contributed by atoms with Gasteiger partial charge >= 0.3 is 0 Å². The number of rotatable bonds is 3. The molecule has 0 aliphatic carbocycles. The number of nitrogens with two attached hydrogens (primary N) is 1. The first kappa shape index (κ1) is 12.9. The highest BCUT2D eigenvalue weighted by atomic mass is 16.5.